The van der Waals surface area contributed by atoms with Gasteiger partial charge in [0.25, 0.3) is 0 Å². The Morgan fingerprint density at radius 2 is 1.25 bits per heavy atom. The number of nitrogens with zero attached hydrogens (tertiary/aromatic N) is 12. The molecule has 5 atom stereocenters. The Labute approximate surface area is 468 Å². The number of carbonyl (C=O) groups excluding carboxylic acids is 1. The summed E-state index contributed by atoms with van der Waals surface area (Å²) < 4.78 is 93.5. The molecular formula is C56H44ClF6N13O2S2. The summed E-state index contributed by atoms with van der Waals surface area (Å²) >= 11 is 8.61. The van der Waals surface area contributed by atoms with E-state index in [1.54, 1.807) is 43.3 Å². The van der Waals surface area contributed by atoms with E-state index >= 15 is 17.6 Å². The molecule has 8 heterocycles. The standard InChI is InChI=1S/C30H22ClF3N6OS.C26H22F3N7OS/c31-27-14-35-25(13-36-27)24(34)9-18-6-7-23(33)22(8-18)30-17-40(29-37-11-21(32)12-38-29)15-20(30)16-42-28(39-30)10-26(41)19-4-2-1-3-5-19;1-3-15(2)37-23-11-31-22(10-32-23)21(29)7-16-4-5-20(28)19(6-16)26-14-36(25-33-8-18(27)9-34-25)12-17(26)13-38-24(30)35-26/h1-9,11-14,20H,10,15-17H2;1,4-11,15,17H,12-14H2,2H3,(H2,30,35)/b24-9-;21-7-/t20-,30-;15-,17-,26-/m00/s1. The molecule has 0 aliphatic carbocycles. The molecule has 15 nitrogen and oxygen atoms in total. The minimum atomic E-state index is -1.13. The van der Waals surface area contributed by atoms with Gasteiger partial charge in [0.2, 0.25) is 17.8 Å². The fraction of sp³-hybridized carbons (Fsp3) is 0.232. The van der Waals surface area contributed by atoms with Crippen LogP contribution in [0.5, 0.6) is 5.88 Å². The first-order valence-electron chi connectivity index (χ1n) is 24.6. The maximum atomic E-state index is 15.7. The lowest BCUT2D eigenvalue weighted by molar-refractivity contribution is 0.100. The number of terminal acetylenes is 1. The third kappa shape index (κ3) is 12.0. The number of hydrogen-bond donors (Lipinski definition) is 1. The molecule has 0 spiro atoms. The number of Topliss-reactive ketones (excluding diaryl/α,β-unsaturated/α-hetero) is 1. The first-order chi connectivity index (χ1) is 38.6. The van der Waals surface area contributed by atoms with Gasteiger partial charge in [0.15, 0.2) is 40.3 Å². The van der Waals surface area contributed by atoms with Crippen molar-refractivity contribution in [2.24, 2.45) is 27.6 Å². The van der Waals surface area contributed by atoms with Crippen molar-refractivity contribution in [3.05, 3.63) is 184 Å². The van der Waals surface area contributed by atoms with Gasteiger partial charge < -0.3 is 20.3 Å². The van der Waals surface area contributed by atoms with Crippen molar-refractivity contribution in [3.63, 3.8) is 0 Å². The van der Waals surface area contributed by atoms with Gasteiger partial charge in [0, 0.05) is 53.1 Å². The highest BCUT2D eigenvalue weighted by atomic mass is 35.5. The van der Waals surface area contributed by atoms with Crippen molar-refractivity contribution in [1.29, 1.82) is 0 Å². The molecular weight excluding hydrogens is 1100 g/mol. The molecule has 7 aromatic rings. The monoisotopic (exact) mass is 1140 g/mol. The van der Waals surface area contributed by atoms with Gasteiger partial charge in [-0.15, -0.1) is 18.2 Å². The number of ketones is 1. The van der Waals surface area contributed by atoms with Gasteiger partial charge in [-0.25, -0.2) is 71.2 Å². The van der Waals surface area contributed by atoms with Crippen LogP contribution in [0.15, 0.2) is 126 Å². The average molecular weight is 1140 g/mol. The normalized spacial score (nSPS) is 21.0. The average Bonchev–Trinajstić information content (AvgIpc) is 4.09. The Hall–Kier alpha value is -8.20. The fourth-order valence-corrected chi connectivity index (χ4v) is 12.1. The molecule has 4 aliphatic rings. The zero-order valence-corrected chi connectivity index (χ0v) is 44.5. The zero-order chi connectivity index (χ0) is 56.1. The summed E-state index contributed by atoms with van der Waals surface area (Å²) in [7, 11) is 0. The van der Waals surface area contributed by atoms with Crippen molar-refractivity contribution >= 4 is 86.8 Å². The summed E-state index contributed by atoms with van der Waals surface area (Å²) in [5.41, 5.74) is 5.76. The Balaban J connectivity index is 0.000000181. The van der Waals surface area contributed by atoms with Gasteiger partial charge >= 0.3 is 0 Å². The highest BCUT2D eigenvalue weighted by Crippen LogP contribution is 2.49. The lowest BCUT2D eigenvalue weighted by Crippen LogP contribution is -2.40. The number of thioether (sulfide) groups is 2. The molecule has 11 rings (SSSR count). The molecule has 0 saturated carbocycles. The number of halogens is 7. The number of carbonyl (C=O) groups is 1. The largest absolute Gasteiger partial charge is 0.460 e. The van der Waals surface area contributed by atoms with Gasteiger partial charge in [-0.05, 0) is 54.5 Å². The second kappa shape index (κ2) is 23.6. The summed E-state index contributed by atoms with van der Waals surface area (Å²) in [6.45, 7) is 2.97. The van der Waals surface area contributed by atoms with Crippen LogP contribution in [0.4, 0.5) is 38.2 Å². The third-order valence-corrected chi connectivity index (χ3v) is 15.9. The van der Waals surface area contributed by atoms with E-state index in [9.17, 15) is 13.6 Å². The van der Waals surface area contributed by atoms with E-state index in [0.29, 0.717) is 57.4 Å². The van der Waals surface area contributed by atoms with Gasteiger partial charge in [0.1, 0.15) is 39.3 Å². The summed E-state index contributed by atoms with van der Waals surface area (Å²) in [4.78, 5) is 58.7. The number of aliphatic imine (C=N–C) groups is 2. The lowest BCUT2D eigenvalue weighted by atomic mass is 9.80. The van der Waals surface area contributed by atoms with Gasteiger partial charge in [-0.3, -0.25) is 9.79 Å². The van der Waals surface area contributed by atoms with Crippen molar-refractivity contribution < 1.29 is 35.9 Å². The molecule has 4 aliphatic heterocycles. The Kier molecular flexibility index (Phi) is 16.3. The lowest BCUT2D eigenvalue weighted by Gasteiger charge is -2.36. The number of aromatic nitrogens is 8. The maximum Gasteiger partial charge on any atom is 0.233 e. The molecule has 0 radical (unpaired) electrons. The van der Waals surface area contributed by atoms with Crippen LogP contribution >= 0.6 is 35.1 Å². The summed E-state index contributed by atoms with van der Waals surface area (Å²) in [6, 6.07) is 17.5. The molecule has 2 N–H and O–H groups in total. The van der Waals surface area contributed by atoms with E-state index < -0.39 is 52.1 Å². The van der Waals surface area contributed by atoms with Crippen molar-refractivity contribution in [3.8, 4) is 18.2 Å². The number of benzene rings is 3. The molecule has 4 aromatic heterocycles. The summed E-state index contributed by atoms with van der Waals surface area (Å²) in [5, 5.41) is 1.03. The minimum absolute atomic E-state index is 0.0180. The Morgan fingerprint density at radius 3 is 1.76 bits per heavy atom. The molecule has 80 heavy (non-hydrogen) atoms. The van der Waals surface area contributed by atoms with E-state index in [2.05, 4.69) is 45.8 Å². The topological polar surface area (TPSA) is 187 Å². The maximum absolute atomic E-state index is 15.7. The minimum Gasteiger partial charge on any atom is -0.460 e. The first-order valence-corrected chi connectivity index (χ1v) is 26.9. The number of amidine groups is 1. The van der Waals surface area contributed by atoms with E-state index in [-0.39, 0.29) is 76.6 Å². The van der Waals surface area contributed by atoms with Crippen molar-refractivity contribution in [2.75, 3.05) is 47.5 Å². The Morgan fingerprint density at radius 1 is 0.725 bits per heavy atom. The first kappa shape index (κ1) is 55.1. The van der Waals surface area contributed by atoms with Crippen LogP contribution in [0.1, 0.15) is 57.3 Å². The van der Waals surface area contributed by atoms with Crippen molar-refractivity contribution in [1.82, 2.24) is 39.9 Å². The molecule has 0 amide bonds. The SMILES string of the molecule is C#C[C@H](C)Oc1cnc(/C(F)=C/c2ccc(F)c([C@]34CN(c5ncc(F)cn5)C[C@H]3CSC(N)=N4)c2)cn1.O=C(CC1=N[C@@]2(c3cc(/C=C(\F)c4cnc(Cl)cn4)ccc3F)CN(c3ncc(F)cn3)C[C@H]2CS1)c1ccccc1. The fourth-order valence-electron chi connectivity index (χ4n) is 9.75. The molecule has 24 heteroatoms. The van der Waals surface area contributed by atoms with E-state index in [1.807, 2.05) is 15.9 Å². The summed E-state index contributed by atoms with van der Waals surface area (Å²) in [5.74, 6) is 0.374. The van der Waals surface area contributed by atoms with Crippen LogP contribution in [0.3, 0.4) is 0 Å². The van der Waals surface area contributed by atoms with Crippen LogP contribution in [-0.2, 0) is 11.1 Å². The smallest absolute Gasteiger partial charge is 0.233 e. The molecule has 3 aromatic carbocycles. The molecule has 2 fully saturated rings. The quantitative estimate of drug-likeness (QED) is 0.0652. The molecule has 0 bridgehead atoms. The molecule has 0 unspecified atom stereocenters. The number of anilines is 2. The van der Waals surface area contributed by atoms with E-state index in [4.69, 9.17) is 38.5 Å². The summed E-state index contributed by atoms with van der Waals surface area (Å²) in [6.07, 6.45) is 16.6. The zero-order valence-electron chi connectivity index (χ0n) is 42.1. The van der Waals surface area contributed by atoms with Gasteiger partial charge in [-0.2, -0.15) is 0 Å². The number of fused-ring (bicyclic) bond motifs is 2. The van der Waals surface area contributed by atoms with Crippen LogP contribution in [0.25, 0.3) is 23.8 Å². The molecule has 2 saturated heterocycles. The van der Waals surface area contributed by atoms with Gasteiger partial charge in [-0.1, -0.05) is 71.7 Å². The predicted octanol–water partition coefficient (Wildman–Crippen LogP) is 10.2. The number of nitrogens with two attached hydrogens (primary N) is 1. The Bertz CT molecular complexity index is 3600. The molecule has 406 valence electrons. The highest BCUT2D eigenvalue weighted by Gasteiger charge is 2.53. The second-order valence-electron chi connectivity index (χ2n) is 18.8. The number of rotatable bonds is 13. The number of ether oxygens (including phenoxy) is 1. The third-order valence-electron chi connectivity index (χ3n) is 13.6. The van der Waals surface area contributed by atoms with Crippen LogP contribution < -0.4 is 20.3 Å². The predicted molar refractivity (Wildman–Crippen MR) is 297 cm³/mol. The van der Waals surface area contributed by atoms with Crippen LogP contribution in [-0.4, -0.2) is 99.7 Å². The highest BCUT2D eigenvalue weighted by molar-refractivity contribution is 8.14. The van der Waals surface area contributed by atoms with Crippen LogP contribution in [0.2, 0.25) is 5.15 Å². The van der Waals surface area contributed by atoms with E-state index in [1.165, 1.54) is 84.7 Å². The van der Waals surface area contributed by atoms with Crippen LogP contribution in [0, 0.1) is 47.4 Å². The van der Waals surface area contributed by atoms with Crippen molar-refractivity contribution in [2.45, 2.75) is 30.5 Å². The number of hydrogen-bond acceptors (Lipinski definition) is 17. The van der Waals surface area contributed by atoms with Gasteiger partial charge in [0.05, 0.1) is 74.1 Å². The van der Waals surface area contributed by atoms with E-state index in [0.717, 1.165) is 24.8 Å². The second-order valence-corrected chi connectivity index (χ2v) is 21.3.